The van der Waals surface area contributed by atoms with Crippen molar-refractivity contribution < 1.29 is 0 Å². The van der Waals surface area contributed by atoms with E-state index in [0.717, 1.165) is 5.69 Å². The minimum Gasteiger partial charge on any atom is -0.388 e. The molecule has 0 saturated heterocycles. The quantitative estimate of drug-likeness (QED) is 0.846. The van der Waals surface area contributed by atoms with Gasteiger partial charge in [-0.15, -0.1) is 11.3 Å². The van der Waals surface area contributed by atoms with Crippen LogP contribution in [0, 0.1) is 13.8 Å². The standard InChI is InChI=1S/C14H17N3S2/c1-8-6-12(10(3)19-8)9(2)17-11-4-5-16-13(7-11)14(15)18/h4-7,9H,1-3H3,(H2,15,18)(H,16,17). The predicted molar refractivity (Wildman–Crippen MR) is 86.0 cm³/mol. The van der Waals surface area contributed by atoms with Gasteiger partial charge in [-0.1, -0.05) is 12.2 Å². The van der Waals surface area contributed by atoms with Crippen molar-refractivity contribution in [2.45, 2.75) is 26.8 Å². The Morgan fingerprint density at radius 1 is 1.42 bits per heavy atom. The van der Waals surface area contributed by atoms with Gasteiger partial charge in [-0.2, -0.15) is 0 Å². The van der Waals surface area contributed by atoms with E-state index in [1.165, 1.54) is 15.3 Å². The van der Waals surface area contributed by atoms with Crippen LogP contribution in [-0.4, -0.2) is 9.97 Å². The number of nitrogens with zero attached hydrogens (tertiary/aromatic N) is 1. The summed E-state index contributed by atoms with van der Waals surface area (Å²) in [5.41, 5.74) is 8.55. The molecule has 3 N–H and O–H groups in total. The molecule has 0 aliphatic carbocycles. The second kappa shape index (κ2) is 5.67. The summed E-state index contributed by atoms with van der Waals surface area (Å²) in [5.74, 6) is 0. The first-order valence-electron chi connectivity index (χ1n) is 6.06. The summed E-state index contributed by atoms with van der Waals surface area (Å²) in [5, 5.41) is 3.46. The zero-order valence-corrected chi connectivity index (χ0v) is 12.9. The minimum atomic E-state index is 0.242. The number of thiocarbonyl (C=S) groups is 1. The summed E-state index contributed by atoms with van der Waals surface area (Å²) in [6.45, 7) is 6.43. The lowest BCUT2D eigenvalue weighted by atomic mass is 10.1. The van der Waals surface area contributed by atoms with Gasteiger partial charge in [0.15, 0.2) is 0 Å². The van der Waals surface area contributed by atoms with E-state index >= 15 is 0 Å². The number of nitrogens with two attached hydrogens (primary N) is 1. The van der Waals surface area contributed by atoms with E-state index in [4.69, 9.17) is 18.0 Å². The molecule has 1 unspecified atom stereocenters. The summed E-state index contributed by atoms with van der Waals surface area (Å²) in [4.78, 5) is 7.14. The van der Waals surface area contributed by atoms with Crippen LogP contribution < -0.4 is 11.1 Å². The average molecular weight is 291 g/mol. The average Bonchev–Trinajstić information content (AvgIpc) is 2.69. The molecular formula is C14H17N3S2. The highest BCUT2D eigenvalue weighted by Gasteiger charge is 2.11. The molecular weight excluding hydrogens is 274 g/mol. The molecule has 2 aromatic heterocycles. The third-order valence-electron chi connectivity index (χ3n) is 2.94. The van der Waals surface area contributed by atoms with Crippen molar-refractivity contribution in [2.24, 2.45) is 5.73 Å². The van der Waals surface area contributed by atoms with Gasteiger partial charge in [0.25, 0.3) is 0 Å². The molecule has 2 rings (SSSR count). The number of rotatable bonds is 4. The number of aromatic nitrogens is 1. The van der Waals surface area contributed by atoms with Gasteiger partial charge in [0, 0.05) is 27.7 Å². The van der Waals surface area contributed by atoms with E-state index in [1.54, 1.807) is 6.20 Å². The maximum absolute atomic E-state index is 5.59. The topological polar surface area (TPSA) is 50.9 Å². The molecule has 0 aromatic carbocycles. The zero-order chi connectivity index (χ0) is 14.0. The highest BCUT2D eigenvalue weighted by atomic mass is 32.1. The third kappa shape index (κ3) is 3.30. The van der Waals surface area contributed by atoms with Crippen LogP contribution in [0.15, 0.2) is 24.4 Å². The molecule has 0 radical (unpaired) electrons. The maximum Gasteiger partial charge on any atom is 0.122 e. The Balaban J connectivity index is 2.19. The molecule has 0 amide bonds. The molecule has 0 aliphatic heterocycles. The fourth-order valence-electron chi connectivity index (χ4n) is 2.06. The summed E-state index contributed by atoms with van der Waals surface area (Å²) in [7, 11) is 0. The highest BCUT2D eigenvalue weighted by Crippen LogP contribution is 2.28. The van der Waals surface area contributed by atoms with Crippen LogP contribution in [0.5, 0.6) is 0 Å². The molecule has 2 heterocycles. The first-order valence-corrected chi connectivity index (χ1v) is 7.29. The lowest BCUT2D eigenvalue weighted by Crippen LogP contribution is -2.13. The van der Waals surface area contributed by atoms with Crippen LogP contribution in [0.1, 0.15) is 34.0 Å². The van der Waals surface area contributed by atoms with Crippen LogP contribution in [-0.2, 0) is 0 Å². The Bertz CT molecular complexity index is 604. The molecule has 3 nitrogen and oxygen atoms in total. The lowest BCUT2D eigenvalue weighted by molar-refractivity contribution is 0.881. The van der Waals surface area contributed by atoms with Crippen LogP contribution in [0.3, 0.4) is 0 Å². The van der Waals surface area contributed by atoms with Crippen LogP contribution >= 0.6 is 23.6 Å². The number of thiophene rings is 1. The summed E-state index contributed by atoms with van der Waals surface area (Å²) >= 11 is 6.77. The van der Waals surface area contributed by atoms with Gasteiger partial charge in [-0.3, -0.25) is 4.98 Å². The van der Waals surface area contributed by atoms with Crippen LogP contribution in [0.4, 0.5) is 5.69 Å². The van der Waals surface area contributed by atoms with E-state index in [2.05, 4.69) is 37.1 Å². The Morgan fingerprint density at radius 3 is 2.74 bits per heavy atom. The fourth-order valence-corrected chi connectivity index (χ4v) is 3.20. The first-order chi connectivity index (χ1) is 8.97. The molecule has 0 aliphatic rings. The minimum absolute atomic E-state index is 0.242. The van der Waals surface area contributed by atoms with E-state index in [1.807, 2.05) is 23.5 Å². The Hall–Kier alpha value is -1.46. The second-order valence-electron chi connectivity index (χ2n) is 4.53. The van der Waals surface area contributed by atoms with Gasteiger partial charge in [-0.25, -0.2) is 0 Å². The number of nitrogens with one attached hydrogen (secondary N) is 1. The van der Waals surface area contributed by atoms with E-state index in [0.29, 0.717) is 10.7 Å². The number of aryl methyl sites for hydroxylation is 2. The van der Waals surface area contributed by atoms with Crippen LogP contribution in [0.25, 0.3) is 0 Å². The van der Waals surface area contributed by atoms with Crippen molar-refractivity contribution in [1.29, 1.82) is 0 Å². The largest absolute Gasteiger partial charge is 0.388 e. The molecule has 0 spiro atoms. The molecule has 1 atom stereocenters. The van der Waals surface area contributed by atoms with Gasteiger partial charge >= 0.3 is 0 Å². The summed E-state index contributed by atoms with van der Waals surface area (Å²) in [6, 6.07) is 6.28. The lowest BCUT2D eigenvalue weighted by Gasteiger charge is -2.15. The molecule has 2 aromatic rings. The molecule has 5 heteroatoms. The van der Waals surface area contributed by atoms with Crippen molar-refractivity contribution >= 4 is 34.2 Å². The predicted octanol–water partition coefficient (Wildman–Crippen LogP) is 3.57. The number of hydrogen-bond acceptors (Lipinski definition) is 4. The Morgan fingerprint density at radius 2 is 2.16 bits per heavy atom. The van der Waals surface area contributed by atoms with E-state index in [9.17, 15) is 0 Å². The molecule has 0 fully saturated rings. The van der Waals surface area contributed by atoms with E-state index in [-0.39, 0.29) is 6.04 Å². The van der Waals surface area contributed by atoms with Crippen molar-refractivity contribution in [3.05, 3.63) is 45.4 Å². The van der Waals surface area contributed by atoms with Crippen molar-refractivity contribution in [3.8, 4) is 0 Å². The van der Waals surface area contributed by atoms with E-state index < -0.39 is 0 Å². The smallest absolute Gasteiger partial charge is 0.122 e. The normalized spacial score (nSPS) is 12.2. The SMILES string of the molecule is Cc1cc(C(C)Nc2ccnc(C(N)=S)c2)c(C)s1. The van der Waals surface area contributed by atoms with Crippen LogP contribution in [0.2, 0.25) is 0 Å². The third-order valence-corrected chi connectivity index (χ3v) is 4.13. The van der Waals surface area contributed by atoms with Gasteiger partial charge in [0.2, 0.25) is 0 Å². The number of anilines is 1. The Labute approximate surface area is 122 Å². The van der Waals surface area contributed by atoms with Gasteiger partial charge in [0.1, 0.15) is 4.99 Å². The van der Waals surface area contributed by atoms with Crippen molar-refractivity contribution in [3.63, 3.8) is 0 Å². The first kappa shape index (κ1) is 14.0. The summed E-state index contributed by atoms with van der Waals surface area (Å²) < 4.78 is 0. The van der Waals surface area contributed by atoms with Gasteiger partial charge < -0.3 is 11.1 Å². The van der Waals surface area contributed by atoms with Gasteiger partial charge in [0.05, 0.1) is 5.69 Å². The van der Waals surface area contributed by atoms with Gasteiger partial charge in [-0.05, 0) is 44.5 Å². The molecule has 100 valence electrons. The monoisotopic (exact) mass is 291 g/mol. The molecule has 0 bridgehead atoms. The second-order valence-corrected chi connectivity index (χ2v) is 6.43. The fraction of sp³-hybridized carbons (Fsp3) is 0.286. The number of hydrogen-bond donors (Lipinski definition) is 2. The molecule has 19 heavy (non-hydrogen) atoms. The Kier molecular flexibility index (Phi) is 4.17. The van der Waals surface area contributed by atoms with Crippen molar-refractivity contribution in [2.75, 3.05) is 5.32 Å². The summed E-state index contributed by atoms with van der Waals surface area (Å²) in [6.07, 6.45) is 1.72. The maximum atomic E-state index is 5.59. The highest BCUT2D eigenvalue weighted by molar-refractivity contribution is 7.80. The number of pyridine rings is 1. The van der Waals surface area contributed by atoms with Crippen molar-refractivity contribution in [1.82, 2.24) is 4.98 Å². The molecule has 0 saturated carbocycles. The zero-order valence-electron chi connectivity index (χ0n) is 11.2.